The molecule has 3 aromatic heterocycles. The highest BCUT2D eigenvalue weighted by Crippen LogP contribution is 2.35. The third kappa shape index (κ3) is 3.54. The molecule has 0 unspecified atom stereocenters. The first-order chi connectivity index (χ1) is 15.0. The van der Waals surface area contributed by atoms with Gasteiger partial charge in [-0.25, -0.2) is 4.98 Å². The van der Waals surface area contributed by atoms with Crippen LogP contribution in [0.2, 0.25) is 0 Å². The van der Waals surface area contributed by atoms with E-state index in [0.717, 1.165) is 33.2 Å². The number of aromatic nitrogens is 4. The van der Waals surface area contributed by atoms with Crippen molar-refractivity contribution in [1.29, 1.82) is 0 Å². The molecule has 0 amide bonds. The molecule has 0 saturated carbocycles. The number of halogens is 1. The van der Waals surface area contributed by atoms with Crippen molar-refractivity contribution in [2.24, 2.45) is 0 Å². The van der Waals surface area contributed by atoms with Gasteiger partial charge in [0.05, 0.1) is 21.9 Å². The fraction of sp³-hybridized carbons (Fsp3) is 0.0870. The Morgan fingerprint density at radius 1 is 1.00 bits per heavy atom. The van der Waals surface area contributed by atoms with Crippen LogP contribution in [-0.4, -0.2) is 36.1 Å². The molecule has 8 heteroatoms. The molecule has 7 nitrogen and oxygen atoms in total. The van der Waals surface area contributed by atoms with Gasteiger partial charge in [-0.1, -0.05) is 42.5 Å². The predicted molar refractivity (Wildman–Crippen MR) is 123 cm³/mol. The van der Waals surface area contributed by atoms with Crippen LogP contribution in [-0.2, 0) is 6.42 Å². The van der Waals surface area contributed by atoms with E-state index in [1.165, 1.54) is 0 Å². The summed E-state index contributed by atoms with van der Waals surface area (Å²) in [6.45, 7) is 0. The van der Waals surface area contributed by atoms with Crippen LogP contribution in [0.15, 0.2) is 71.5 Å². The number of aliphatic hydroxyl groups excluding tert-OH is 1. The number of pyridine rings is 1. The van der Waals surface area contributed by atoms with E-state index in [1.807, 2.05) is 54.7 Å². The minimum Gasteiger partial charge on any atom is -0.383 e. The minimum absolute atomic E-state index is 0.164. The maximum absolute atomic E-state index is 9.18. The Balaban J connectivity index is 1.64. The van der Waals surface area contributed by atoms with E-state index in [0.29, 0.717) is 21.6 Å². The summed E-state index contributed by atoms with van der Waals surface area (Å²) in [5.41, 5.74) is 12.0. The van der Waals surface area contributed by atoms with Crippen molar-refractivity contribution < 1.29 is 10.2 Å². The van der Waals surface area contributed by atoms with Crippen molar-refractivity contribution in [1.82, 2.24) is 19.6 Å². The molecule has 0 aliphatic rings. The standard InChI is InChI=1S/C23H18BrN5O2/c24-20-21(14-7-5-13(6-8-14)9-19(30)31)28-23-17(12-27-29(23)22(20)25)16-10-15-3-1-2-4-18(15)26-11-16/h1-8,10-12,19,30-31H,9,25H2. The average Bonchev–Trinajstić information content (AvgIpc) is 3.20. The van der Waals surface area contributed by atoms with Crippen LogP contribution in [0.3, 0.4) is 0 Å². The number of hydrogen-bond donors (Lipinski definition) is 3. The Hall–Kier alpha value is -3.33. The van der Waals surface area contributed by atoms with E-state index < -0.39 is 6.29 Å². The summed E-state index contributed by atoms with van der Waals surface area (Å²) < 4.78 is 2.25. The van der Waals surface area contributed by atoms with E-state index in [4.69, 9.17) is 10.7 Å². The number of nitrogens with two attached hydrogens (primary N) is 1. The number of hydrogen-bond acceptors (Lipinski definition) is 6. The summed E-state index contributed by atoms with van der Waals surface area (Å²) >= 11 is 3.55. The molecule has 31 heavy (non-hydrogen) atoms. The highest BCUT2D eigenvalue weighted by atomic mass is 79.9. The number of rotatable bonds is 4. The van der Waals surface area contributed by atoms with Gasteiger partial charge in [0, 0.05) is 34.7 Å². The fourth-order valence-corrected chi connectivity index (χ4v) is 4.10. The fourth-order valence-electron chi connectivity index (χ4n) is 3.62. The monoisotopic (exact) mass is 475 g/mol. The summed E-state index contributed by atoms with van der Waals surface area (Å²) in [6.07, 6.45) is 2.34. The summed E-state index contributed by atoms with van der Waals surface area (Å²) in [4.78, 5) is 9.41. The first-order valence-corrected chi connectivity index (χ1v) is 10.4. The van der Waals surface area contributed by atoms with Gasteiger partial charge in [-0.15, -0.1) is 0 Å². The number of aliphatic hydroxyl groups is 2. The van der Waals surface area contributed by atoms with Crippen molar-refractivity contribution in [3.05, 3.63) is 77.0 Å². The van der Waals surface area contributed by atoms with Gasteiger partial charge in [0.2, 0.25) is 0 Å². The van der Waals surface area contributed by atoms with Gasteiger partial charge >= 0.3 is 0 Å². The van der Waals surface area contributed by atoms with Gasteiger partial charge in [-0.05, 0) is 33.6 Å². The Labute approximate surface area is 185 Å². The molecular weight excluding hydrogens is 458 g/mol. The topological polar surface area (TPSA) is 110 Å². The number of para-hydroxylation sites is 1. The third-order valence-electron chi connectivity index (χ3n) is 5.17. The largest absolute Gasteiger partial charge is 0.383 e. The molecule has 5 aromatic rings. The molecule has 3 heterocycles. The Morgan fingerprint density at radius 3 is 2.55 bits per heavy atom. The van der Waals surface area contributed by atoms with E-state index in [1.54, 1.807) is 10.7 Å². The number of fused-ring (bicyclic) bond motifs is 2. The first-order valence-electron chi connectivity index (χ1n) is 9.64. The maximum Gasteiger partial charge on any atom is 0.165 e. The van der Waals surface area contributed by atoms with E-state index in [9.17, 15) is 10.2 Å². The van der Waals surface area contributed by atoms with Crippen LogP contribution >= 0.6 is 15.9 Å². The quantitative estimate of drug-likeness (QED) is 0.341. The Bertz CT molecular complexity index is 1410. The van der Waals surface area contributed by atoms with Gasteiger partial charge in [-0.2, -0.15) is 9.61 Å². The lowest BCUT2D eigenvalue weighted by molar-refractivity contribution is -0.0381. The van der Waals surface area contributed by atoms with Crippen LogP contribution in [0.5, 0.6) is 0 Å². The molecule has 0 fully saturated rings. The molecule has 5 rings (SSSR count). The van der Waals surface area contributed by atoms with Gasteiger partial charge < -0.3 is 15.9 Å². The van der Waals surface area contributed by atoms with Gasteiger partial charge in [0.25, 0.3) is 0 Å². The molecule has 0 saturated heterocycles. The zero-order valence-corrected chi connectivity index (χ0v) is 17.9. The highest BCUT2D eigenvalue weighted by molar-refractivity contribution is 9.10. The minimum atomic E-state index is -1.38. The van der Waals surface area contributed by atoms with Crippen molar-refractivity contribution in [2.75, 3.05) is 5.73 Å². The predicted octanol–water partition coefficient (Wildman–Crippen LogP) is 3.81. The molecule has 0 aliphatic carbocycles. The molecule has 0 atom stereocenters. The second-order valence-electron chi connectivity index (χ2n) is 7.25. The maximum atomic E-state index is 9.18. The van der Waals surface area contributed by atoms with Crippen LogP contribution in [0, 0.1) is 0 Å². The zero-order chi connectivity index (χ0) is 21.5. The number of benzene rings is 2. The summed E-state index contributed by atoms with van der Waals surface area (Å²) in [5, 5.41) is 23.8. The van der Waals surface area contributed by atoms with Crippen LogP contribution in [0.1, 0.15) is 5.56 Å². The van der Waals surface area contributed by atoms with E-state index >= 15 is 0 Å². The normalized spacial score (nSPS) is 11.6. The van der Waals surface area contributed by atoms with E-state index in [-0.39, 0.29) is 6.42 Å². The molecule has 2 aromatic carbocycles. The summed E-state index contributed by atoms with van der Waals surface area (Å²) in [6, 6.07) is 17.4. The number of nitrogen functional groups attached to an aromatic ring is 1. The molecule has 0 spiro atoms. The van der Waals surface area contributed by atoms with Crippen LogP contribution in [0.25, 0.3) is 38.9 Å². The summed E-state index contributed by atoms with van der Waals surface area (Å²) in [5.74, 6) is 0.440. The molecule has 0 radical (unpaired) electrons. The third-order valence-corrected chi connectivity index (χ3v) is 5.95. The molecular formula is C23H18BrN5O2. The average molecular weight is 476 g/mol. The second-order valence-corrected chi connectivity index (χ2v) is 8.04. The lowest BCUT2D eigenvalue weighted by Gasteiger charge is -2.11. The Kier molecular flexibility index (Phi) is 4.90. The van der Waals surface area contributed by atoms with Crippen molar-refractivity contribution in [3.63, 3.8) is 0 Å². The van der Waals surface area contributed by atoms with Crippen molar-refractivity contribution in [3.8, 4) is 22.4 Å². The Morgan fingerprint density at radius 2 is 1.77 bits per heavy atom. The van der Waals surface area contributed by atoms with Crippen molar-refractivity contribution in [2.45, 2.75) is 12.7 Å². The molecule has 154 valence electrons. The SMILES string of the molecule is Nc1c(Br)c(-c2ccc(CC(O)O)cc2)nc2c(-c3cnc4ccccc4c3)cnn12. The molecule has 0 bridgehead atoms. The molecule has 4 N–H and O–H groups in total. The highest BCUT2D eigenvalue weighted by Gasteiger charge is 2.18. The second kappa shape index (κ2) is 7.73. The van der Waals surface area contributed by atoms with Gasteiger partial charge in [0.1, 0.15) is 5.82 Å². The zero-order valence-electron chi connectivity index (χ0n) is 16.3. The molecule has 0 aliphatic heterocycles. The van der Waals surface area contributed by atoms with Gasteiger partial charge in [-0.3, -0.25) is 4.98 Å². The number of anilines is 1. The van der Waals surface area contributed by atoms with Crippen LogP contribution < -0.4 is 5.73 Å². The van der Waals surface area contributed by atoms with Gasteiger partial charge in [0.15, 0.2) is 11.9 Å². The first kappa shape index (κ1) is 19.6. The lowest BCUT2D eigenvalue weighted by atomic mass is 10.1. The van der Waals surface area contributed by atoms with E-state index in [2.05, 4.69) is 32.1 Å². The van der Waals surface area contributed by atoms with Crippen LogP contribution in [0.4, 0.5) is 5.82 Å². The smallest absolute Gasteiger partial charge is 0.165 e. The lowest BCUT2D eigenvalue weighted by Crippen LogP contribution is -2.08. The summed E-state index contributed by atoms with van der Waals surface area (Å²) in [7, 11) is 0. The number of nitrogens with zero attached hydrogens (tertiary/aromatic N) is 4. The van der Waals surface area contributed by atoms with Crippen molar-refractivity contribution >= 4 is 38.3 Å².